The van der Waals surface area contributed by atoms with Crippen LogP contribution in [0, 0.1) is 6.92 Å². The first-order chi connectivity index (χ1) is 12.9. The minimum absolute atomic E-state index is 0.132. The number of hydrogen-bond donors (Lipinski definition) is 2. The number of amides is 1. The van der Waals surface area contributed by atoms with Gasteiger partial charge in [0, 0.05) is 31.5 Å². The van der Waals surface area contributed by atoms with Gasteiger partial charge in [0.2, 0.25) is 15.9 Å². The van der Waals surface area contributed by atoms with Crippen LogP contribution in [0.4, 0.5) is 5.69 Å². The third-order valence-corrected chi connectivity index (χ3v) is 5.43. The summed E-state index contributed by atoms with van der Waals surface area (Å²) in [5.41, 5.74) is 2.25. The number of nitrogens with zero attached hydrogens (tertiary/aromatic N) is 2. The van der Waals surface area contributed by atoms with Gasteiger partial charge < -0.3 is 9.88 Å². The van der Waals surface area contributed by atoms with E-state index in [4.69, 9.17) is 0 Å². The zero-order chi connectivity index (χ0) is 19.4. The lowest BCUT2D eigenvalue weighted by Crippen LogP contribution is -2.24. The first kappa shape index (κ1) is 18.8. The van der Waals surface area contributed by atoms with Gasteiger partial charge in [-0.15, -0.1) is 0 Å². The fraction of sp³-hybridized carbons (Fsp3) is 0.158. The summed E-state index contributed by atoms with van der Waals surface area (Å²) in [7, 11) is -3.69. The second-order valence-corrected chi connectivity index (χ2v) is 7.77. The Bertz CT molecular complexity index is 1060. The van der Waals surface area contributed by atoms with Crippen LogP contribution in [0.3, 0.4) is 0 Å². The van der Waals surface area contributed by atoms with E-state index in [1.54, 1.807) is 18.3 Å². The normalized spacial score (nSPS) is 11.3. The highest BCUT2D eigenvalue weighted by Gasteiger charge is 2.15. The highest BCUT2D eigenvalue weighted by atomic mass is 32.2. The van der Waals surface area contributed by atoms with Gasteiger partial charge in [-0.25, -0.2) is 18.1 Å². The van der Waals surface area contributed by atoms with E-state index < -0.39 is 10.0 Å². The van der Waals surface area contributed by atoms with Gasteiger partial charge in [-0.2, -0.15) is 0 Å². The van der Waals surface area contributed by atoms with Gasteiger partial charge in [-0.3, -0.25) is 4.79 Å². The molecule has 0 aliphatic rings. The van der Waals surface area contributed by atoms with Crippen molar-refractivity contribution in [2.24, 2.45) is 0 Å². The predicted molar refractivity (Wildman–Crippen MR) is 103 cm³/mol. The van der Waals surface area contributed by atoms with Gasteiger partial charge in [-0.05, 0) is 42.8 Å². The van der Waals surface area contributed by atoms with Crippen LogP contribution in [0.2, 0.25) is 0 Å². The number of nitrogens with one attached hydrogen (secondary N) is 2. The molecule has 0 bridgehead atoms. The van der Waals surface area contributed by atoms with Gasteiger partial charge in [0.25, 0.3) is 0 Å². The Morgan fingerprint density at radius 1 is 1.11 bits per heavy atom. The minimum Gasteiger partial charge on any atom is -0.326 e. The van der Waals surface area contributed by atoms with Gasteiger partial charge in [-0.1, -0.05) is 18.2 Å². The fourth-order valence-corrected chi connectivity index (χ4v) is 3.71. The number of benzene rings is 2. The largest absolute Gasteiger partial charge is 0.326 e. The summed E-state index contributed by atoms with van der Waals surface area (Å²) in [6, 6.07) is 13.6. The standard InChI is InChI=1S/C19H20N4O3S/c1-14-20-11-12-23(14)19-6-4-3-5-16(19)13-21-27(25,26)18-9-7-17(8-10-18)22-15(2)24/h3-12,21H,13H2,1-2H3,(H,22,24). The molecule has 0 fully saturated rings. The first-order valence-corrected chi connectivity index (χ1v) is 9.81. The van der Waals surface area contributed by atoms with Crippen LogP contribution >= 0.6 is 0 Å². The van der Waals surface area contributed by atoms with Crippen LogP contribution < -0.4 is 10.0 Å². The number of carbonyl (C=O) groups excluding carboxylic acids is 1. The van der Waals surface area contributed by atoms with Crippen LogP contribution in [0.15, 0.2) is 65.8 Å². The van der Waals surface area contributed by atoms with E-state index in [0.717, 1.165) is 17.1 Å². The van der Waals surface area contributed by atoms with Gasteiger partial charge in [0.15, 0.2) is 0 Å². The molecule has 0 aliphatic heterocycles. The maximum Gasteiger partial charge on any atom is 0.240 e. The molecule has 1 amide bonds. The molecule has 2 N–H and O–H groups in total. The van der Waals surface area contributed by atoms with E-state index in [1.807, 2.05) is 42.0 Å². The quantitative estimate of drug-likeness (QED) is 0.683. The average Bonchev–Trinajstić information content (AvgIpc) is 3.06. The Balaban J connectivity index is 1.78. The Labute approximate surface area is 158 Å². The number of carbonyl (C=O) groups is 1. The summed E-state index contributed by atoms with van der Waals surface area (Å²) < 4.78 is 29.7. The van der Waals surface area contributed by atoms with Crippen molar-refractivity contribution in [2.75, 3.05) is 5.32 Å². The average molecular weight is 384 g/mol. The Kier molecular flexibility index (Phi) is 5.38. The Hall–Kier alpha value is -2.97. The van der Waals surface area contributed by atoms with Crippen molar-refractivity contribution in [1.82, 2.24) is 14.3 Å². The summed E-state index contributed by atoms with van der Waals surface area (Å²) in [5, 5.41) is 2.61. The molecule has 0 spiro atoms. The molecule has 0 saturated carbocycles. The molecule has 7 nitrogen and oxygen atoms in total. The molecular formula is C19H20N4O3S. The lowest BCUT2D eigenvalue weighted by atomic mass is 10.2. The van der Waals surface area contributed by atoms with Crippen LogP contribution in [-0.2, 0) is 21.4 Å². The zero-order valence-electron chi connectivity index (χ0n) is 15.0. The molecule has 0 unspecified atom stereocenters. The van der Waals surface area contributed by atoms with E-state index in [0.29, 0.717) is 5.69 Å². The lowest BCUT2D eigenvalue weighted by molar-refractivity contribution is -0.114. The maximum atomic E-state index is 12.6. The molecule has 3 rings (SSSR count). The van der Waals surface area contributed by atoms with E-state index >= 15 is 0 Å². The molecule has 8 heteroatoms. The number of sulfonamides is 1. The summed E-state index contributed by atoms with van der Waals surface area (Å²) in [4.78, 5) is 15.4. The molecule has 27 heavy (non-hydrogen) atoms. The van der Waals surface area contributed by atoms with Gasteiger partial charge in [0.1, 0.15) is 5.82 Å². The molecule has 0 atom stereocenters. The summed E-state index contributed by atoms with van der Waals surface area (Å²) in [6.45, 7) is 3.42. The van der Waals surface area contributed by atoms with Crippen molar-refractivity contribution < 1.29 is 13.2 Å². The van der Waals surface area contributed by atoms with Crippen LogP contribution in [0.25, 0.3) is 5.69 Å². The fourth-order valence-electron chi connectivity index (χ4n) is 2.70. The first-order valence-electron chi connectivity index (χ1n) is 8.32. The number of rotatable bonds is 6. The van der Waals surface area contributed by atoms with Crippen molar-refractivity contribution in [3.05, 3.63) is 72.3 Å². The second kappa shape index (κ2) is 7.73. The number of imidazole rings is 1. The van der Waals surface area contributed by atoms with E-state index in [1.165, 1.54) is 19.1 Å². The van der Waals surface area contributed by atoms with Crippen molar-refractivity contribution in [1.29, 1.82) is 0 Å². The topological polar surface area (TPSA) is 93.1 Å². The van der Waals surface area contributed by atoms with Crippen LogP contribution in [-0.4, -0.2) is 23.9 Å². The van der Waals surface area contributed by atoms with Crippen LogP contribution in [0.5, 0.6) is 0 Å². The SMILES string of the molecule is CC(=O)Nc1ccc(S(=O)(=O)NCc2ccccc2-n2ccnc2C)cc1. The Morgan fingerprint density at radius 3 is 2.44 bits per heavy atom. The Morgan fingerprint density at radius 2 is 1.81 bits per heavy atom. The molecular weight excluding hydrogens is 364 g/mol. The van der Waals surface area contributed by atoms with Gasteiger partial charge in [0.05, 0.1) is 10.6 Å². The number of para-hydroxylation sites is 1. The summed E-state index contributed by atoms with van der Waals surface area (Å²) in [5.74, 6) is 0.606. The number of anilines is 1. The van der Waals surface area contributed by atoms with Gasteiger partial charge >= 0.3 is 0 Å². The minimum atomic E-state index is -3.69. The smallest absolute Gasteiger partial charge is 0.240 e. The van der Waals surface area contributed by atoms with Crippen molar-refractivity contribution >= 4 is 21.6 Å². The molecule has 0 radical (unpaired) electrons. The van der Waals surface area contributed by atoms with Crippen molar-refractivity contribution in [3.8, 4) is 5.69 Å². The molecule has 140 valence electrons. The zero-order valence-corrected chi connectivity index (χ0v) is 15.8. The molecule has 0 saturated heterocycles. The summed E-state index contributed by atoms with van der Waals surface area (Å²) >= 11 is 0. The van der Waals surface area contributed by atoms with Crippen molar-refractivity contribution in [3.63, 3.8) is 0 Å². The van der Waals surface area contributed by atoms with Crippen LogP contribution in [0.1, 0.15) is 18.3 Å². The summed E-state index contributed by atoms with van der Waals surface area (Å²) in [6.07, 6.45) is 3.54. The molecule has 3 aromatic rings. The highest BCUT2D eigenvalue weighted by molar-refractivity contribution is 7.89. The monoisotopic (exact) mass is 384 g/mol. The van der Waals surface area contributed by atoms with E-state index in [-0.39, 0.29) is 17.3 Å². The third kappa shape index (κ3) is 4.42. The van der Waals surface area contributed by atoms with E-state index in [9.17, 15) is 13.2 Å². The predicted octanol–water partition coefficient (Wildman–Crippen LogP) is 2.62. The molecule has 1 aromatic heterocycles. The van der Waals surface area contributed by atoms with Crippen molar-refractivity contribution in [2.45, 2.75) is 25.3 Å². The second-order valence-electron chi connectivity index (χ2n) is 6.00. The molecule has 0 aliphatic carbocycles. The maximum absolute atomic E-state index is 12.6. The number of hydrogen-bond acceptors (Lipinski definition) is 4. The lowest BCUT2D eigenvalue weighted by Gasteiger charge is -2.13. The number of aryl methyl sites for hydroxylation is 1. The highest BCUT2D eigenvalue weighted by Crippen LogP contribution is 2.18. The molecule has 1 heterocycles. The van der Waals surface area contributed by atoms with E-state index in [2.05, 4.69) is 15.0 Å². The molecule has 2 aromatic carbocycles. The third-order valence-electron chi connectivity index (χ3n) is 4.01. The number of aromatic nitrogens is 2.